The molecule has 3 nitrogen and oxygen atoms in total. The van der Waals surface area contributed by atoms with Gasteiger partial charge >= 0.3 is 0 Å². The molecular formula is C13H16ClFN2O. The van der Waals surface area contributed by atoms with E-state index in [1.807, 2.05) is 0 Å². The van der Waals surface area contributed by atoms with Crippen LogP contribution in [0.5, 0.6) is 0 Å². The molecule has 1 aromatic carbocycles. The standard InChI is InChI=1S/C13H16ClFN2O/c14-10-5-8(1-4-11(10)15)7-17-13(18)6-12(16)9-2-3-9/h1,4-5,9,12H,2-3,6-7,16H2,(H,17,18). The molecule has 1 fully saturated rings. The Kier molecular flexibility index (Phi) is 4.19. The molecule has 0 aliphatic heterocycles. The molecule has 0 bridgehead atoms. The lowest BCUT2D eigenvalue weighted by Gasteiger charge is -2.10. The molecule has 1 saturated carbocycles. The number of carbonyl (C=O) groups excluding carboxylic acids is 1. The van der Waals surface area contributed by atoms with Crippen molar-refractivity contribution < 1.29 is 9.18 Å². The van der Waals surface area contributed by atoms with Crippen LogP contribution >= 0.6 is 11.6 Å². The van der Waals surface area contributed by atoms with Crippen molar-refractivity contribution in [3.8, 4) is 0 Å². The first-order chi connectivity index (χ1) is 8.56. The Labute approximate surface area is 111 Å². The molecule has 0 spiro atoms. The summed E-state index contributed by atoms with van der Waals surface area (Å²) in [6, 6.07) is 4.36. The molecule has 1 amide bonds. The molecule has 1 aromatic rings. The van der Waals surface area contributed by atoms with Gasteiger partial charge in [-0.2, -0.15) is 0 Å². The average Bonchev–Trinajstić information content (AvgIpc) is 3.14. The fraction of sp³-hybridized carbons (Fsp3) is 0.462. The molecular weight excluding hydrogens is 255 g/mol. The van der Waals surface area contributed by atoms with Gasteiger partial charge in [-0.15, -0.1) is 0 Å². The van der Waals surface area contributed by atoms with Gasteiger partial charge in [0, 0.05) is 19.0 Å². The van der Waals surface area contributed by atoms with Crippen molar-refractivity contribution in [3.63, 3.8) is 0 Å². The Morgan fingerprint density at radius 3 is 2.89 bits per heavy atom. The van der Waals surface area contributed by atoms with E-state index in [4.69, 9.17) is 17.3 Å². The molecule has 1 aliphatic rings. The fourth-order valence-electron chi connectivity index (χ4n) is 1.83. The van der Waals surface area contributed by atoms with Crippen LogP contribution in [0, 0.1) is 11.7 Å². The number of benzene rings is 1. The molecule has 0 aromatic heterocycles. The predicted molar refractivity (Wildman–Crippen MR) is 68.6 cm³/mol. The largest absolute Gasteiger partial charge is 0.352 e. The third kappa shape index (κ3) is 3.68. The van der Waals surface area contributed by atoms with Gasteiger partial charge in [0.05, 0.1) is 5.02 Å². The Bertz CT molecular complexity index is 449. The molecule has 0 saturated heterocycles. The maximum Gasteiger partial charge on any atom is 0.221 e. The van der Waals surface area contributed by atoms with Gasteiger partial charge < -0.3 is 11.1 Å². The number of hydrogen-bond donors (Lipinski definition) is 2. The molecule has 0 radical (unpaired) electrons. The van der Waals surface area contributed by atoms with Crippen molar-refractivity contribution >= 4 is 17.5 Å². The summed E-state index contributed by atoms with van der Waals surface area (Å²) >= 11 is 5.66. The molecule has 18 heavy (non-hydrogen) atoms. The van der Waals surface area contributed by atoms with Crippen LogP contribution in [0.4, 0.5) is 4.39 Å². The van der Waals surface area contributed by atoms with Gasteiger partial charge in [-0.1, -0.05) is 17.7 Å². The van der Waals surface area contributed by atoms with Crippen molar-refractivity contribution in [2.24, 2.45) is 11.7 Å². The third-order valence-corrected chi connectivity index (χ3v) is 3.41. The highest BCUT2D eigenvalue weighted by atomic mass is 35.5. The Hall–Kier alpha value is -1.13. The van der Waals surface area contributed by atoms with Gasteiger partial charge in [-0.05, 0) is 36.5 Å². The molecule has 5 heteroatoms. The predicted octanol–water partition coefficient (Wildman–Crippen LogP) is 2.22. The van der Waals surface area contributed by atoms with E-state index >= 15 is 0 Å². The first-order valence-corrected chi connectivity index (χ1v) is 6.40. The van der Waals surface area contributed by atoms with Crippen LogP contribution in [-0.2, 0) is 11.3 Å². The van der Waals surface area contributed by atoms with Gasteiger partial charge in [0.15, 0.2) is 0 Å². The van der Waals surface area contributed by atoms with E-state index in [1.54, 1.807) is 6.07 Å². The van der Waals surface area contributed by atoms with Crippen molar-refractivity contribution in [2.45, 2.75) is 31.8 Å². The normalized spacial score (nSPS) is 16.4. The third-order valence-electron chi connectivity index (χ3n) is 3.12. The lowest BCUT2D eigenvalue weighted by molar-refractivity contribution is -0.121. The second kappa shape index (κ2) is 5.67. The Morgan fingerprint density at radius 2 is 2.28 bits per heavy atom. The number of hydrogen-bond acceptors (Lipinski definition) is 2. The molecule has 98 valence electrons. The lowest BCUT2D eigenvalue weighted by atomic mass is 10.1. The zero-order chi connectivity index (χ0) is 13.1. The van der Waals surface area contributed by atoms with E-state index in [1.165, 1.54) is 12.1 Å². The highest BCUT2D eigenvalue weighted by Crippen LogP contribution is 2.32. The fourth-order valence-corrected chi connectivity index (χ4v) is 2.03. The van der Waals surface area contributed by atoms with E-state index < -0.39 is 5.82 Å². The SMILES string of the molecule is NC(CC(=O)NCc1ccc(F)c(Cl)c1)C1CC1. The summed E-state index contributed by atoms with van der Waals surface area (Å²) in [6.45, 7) is 0.343. The zero-order valence-corrected chi connectivity index (χ0v) is 10.7. The van der Waals surface area contributed by atoms with Crippen molar-refractivity contribution in [2.75, 3.05) is 0 Å². The van der Waals surface area contributed by atoms with Crippen molar-refractivity contribution in [1.82, 2.24) is 5.32 Å². The summed E-state index contributed by atoms with van der Waals surface area (Å²) in [6.07, 6.45) is 2.60. The highest BCUT2D eigenvalue weighted by molar-refractivity contribution is 6.30. The summed E-state index contributed by atoms with van der Waals surface area (Å²) in [5.74, 6) is -0.0200. The number of nitrogens with two attached hydrogens (primary N) is 1. The topological polar surface area (TPSA) is 55.1 Å². The van der Waals surface area contributed by atoms with Gasteiger partial charge in [0.25, 0.3) is 0 Å². The van der Waals surface area contributed by atoms with E-state index in [9.17, 15) is 9.18 Å². The van der Waals surface area contributed by atoms with Crippen LogP contribution in [0.3, 0.4) is 0 Å². The second-order valence-corrected chi connectivity index (χ2v) is 5.14. The molecule has 1 unspecified atom stereocenters. The zero-order valence-electron chi connectivity index (χ0n) is 9.96. The Morgan fingerprint density at radius 1 is 1.56 bits per heavy atom. The molecule has 1 aliphatic carbocycles. The maximum absolute atomic E-state index is 12.9. The molecule has 3 N–H and O–H groups in total. The lowest BCUT2D eigenvalue weighted by Crippen LogP contribution is -2.32. The number of rotatable bonds is 5. The van der Waals surface area contributed by atoms with E-state index in [0.29, 0.717) is 18.9 Å². The van der Waals surface area contributed by atoms with Gasteiger partial charge in [0.2, 0.25) is 5.91 Å². The summed E-state index contributed by atoms with van der Waals surface area (Å²) in [7, 11) is 0. The molecule has 2 rings (SSSR count). The monoisotopic (exact) mass is 270 g/mol. The van der Waals surface area contributed by atoms with Crippen LogP contribution in [0.25, 0.3) is 0 Å². The Balaban J connectivity index is 1.79. The van der Waals surface area contributed by atoms with E-state index in [-0.39, 0.29) is 17.0 Å². The minimum Gasteiger partial charge on any atom is -0.352 e. The summed E-state index contributed by atoms with van der Waals surface area (Å²) < 4.78 is 12.9. The molecule has 1 atom stereocenters. The number of amides is 1. The summed E-state index contributed by atoms with van der Waals surface area (Å²) in [4.78, 5) is 11.6. The van der Waals surface area contributed by atoms with Crippen LogP contribution in [0.15, 0.2) is 18.2 Å². The van der Waals surface area contributed by atoms with Gasteiger partial charge in [0.1, 0.15) is 5.82 Å². The van der Waals surface area contributed by atoms with E-state index in [0.717, 1.165) is 18.4 Å². The van der Waals surface area contributed by atoms with Crippen LogP contribution in [0.1, 0.15) is 24.8 Å². The molecule has 0 heterocycles. The first-order valence-electron chi connectivity index (χ1n) is 6.02. The first kappa shape index (κ1) is 13.3. The van der Waals surface area contributed by atoms with Gasteiger partial charge in [-0.3, -0.25) is 4.79 Å². The van der Waals surface area contributed by atoms with Crippen LogP contribution in [-0.4, -0.2) is 11.9 Å². The number of carbonyl (C=O) groups is 1. The smallest absolute Gasteiger partial charge is 0.221 e. The van der Waals surface area contributed by atoms with E-state index in [2.05, 4.69) is 5.32 Å². The summed E-state index contributed by atoms with van der Waals surface area (Å²) in [5.41, 5.74) is 6.63. The average molecular weight is 271 g/mol. The maximum atomic E-state index is 12.9. The number of halogens is 2. The van der Waals surface area contributed by atoms with Crippen molar-refractivity contribution in [3.05, 3.63) is 34.6 Å². The number of nitrogens with one attached hydrogen (secondary N) is 1. The quantitative estimate of drug-likeness (QED) is 0.862. The second-order valence-electron chi connectivity index (χ2n) is 4.73. The van der Waals surface area contributed by atoms with Crippen LogP contribution in [0.2, 0.25) is 5.02 Å². The van der Waals surface area contributed by atoms with Crippen molar-refractivity contribution in [1.29, 1.82) is 0 Å². The van der Waals surface area contributed by atoms with Crippen LogP contribution < -0.4 is 11.1 Å². The minimum atomic E-state index is -0.456. The summed E-state index contributed by atoms with van der Waals surface area (Å²) in [5, 5.41) is 2.83. The minimum absolute atomic E-state index is 0.0400. The van der Waals surface area contributed by atoms with Gasteiger partial charge in [-0.25, -0.2) is 4.39 Å². The highest BCUT2D eigenvalue weighted by Gasteiger charge is 2.29.